The SMILES string of the molecule is CC[C@@H](CO)NS(=O)(=O)c1c(C)cc(C)c(Br)c1C. The third-order valence-corrected chi connectivity index (χ3v) is 6.14. The van der Waals surface area contributed by atoms with E-state index in [-0.39, 0.29) is 11.5 Å². The largest absolute Gasteiger partial charge is 0.395 e. The zero-order valence-electron chi connectivity index (χ0n) is 11.6. The van der Waals surface area contributed by atoms with E-state index in [2.05, 4.69) is 20.7 Å². The number of halogens is 1. The molecule has 0 aromatic heterocycles. The lowest BCUT2D eigenvalue weighted by Gasteiger charge is -2.18. The Hall–Kier alpha value is -0.430. The van der Waals surface area contributed by atoms with E-state index in [1.165, 1.54) is 0 Å². The Labute approximate surface area is 123 Å². The first kappa shape index (κ1) is 16.6. The zero-order valence-corrected chi connectivity index (χ0v) is 14.0. The van der Waals surface area contributed by atoms with Crippen molar-refractivity contribution >= 4 is 26.0 Å². The van der Waals surface area contributed by atoms with Crippen LogP contribution in [-0.4, -0.2) is 26.2 Å². The lowest BCUT2D eigenvalue weighted by atomic mass is 10.1. The van der Waals surface area contributed by atoms with Crippen LogP contribution < -0.4 is 4.72 Å². The molecule has 0 amide bonds. The standard InChI is InChI=1S/C13H20BrNO3S/c1-5-11(7-16)15-19(17,18)13-9(3)6-8(2)12(14)10(13)4/h6,11,15-16H,5,7H2,1-4H3/t11-/m0/s1. The van der Waals surface area contributed by atoms with E-state index in [4.69, 9.17) is 5.11 Å². The molecule has 6 heteroatoms. The topological polar surface area (TPSA) is 66.4 Å². The summed E-state index contributed by atoms with van der Waals surface area (Å²) in [4.78, 5) is 0.289. The van der Waals surface area contributed by atoms with Gasteiger partial charge >= 0.3 is 0 Å². The maximum absolute atomic E-state index is 12.4. The average molecular weight is 350 g/mol. The van der Waals surface area contributed by atoms with Gasteiger partial charge in [-0.05, 0) is 43.9 Å². The molecule has 19 heavy (non-hydrogen) atoms. The van der Waals surface area contributed by atoms with Gasteiger partial charge in [0, 0.05) is 10.5 Å². The van der Waals surface area contributed by atoms with E-state index in [1.54, 1.807) is 13.8 Å². The number of sulfonamides is 1. The minimum atomic E-state index is -3.62. The average Bonchev–Trinajstić information content (AvgIpc) is 2.32. The number of benzene rings is 1. The molecule has 0 unspecified atom stereocenters. The molecule has 0 fully saturated rings. The second kappa shape index (κ2) is 6.35. The number of rotatable bonds is 5. The fraction of sp³-hybridized carbons (Fsp3) is 0.538. The molecule has 0 aliphatic rings. The summed E-state index contributed by atoms with van der Waals surface area (Å²) in [6.07, 6.45) is 0.543. The predicted octanol–water partition coefficient (Wildman–Crippen LogP) is 2.42. The van der Waals surface area contributed by atoms with Crippen LogP contribution in [0.5, 0.6) is 0 Å². The van der Waals surface area contributed by atoms with E-state index in [0.717, 1.165) is 10.0 Å². The fourth-order valence-corrected chi connectivity index (χ4v) is 4.32. The summed E-state index contributed by atoms with van der Waals surface area (Å²) in [5.74, 6) is 0. The van der Waals surface area contributed by atoms with Gasteiger partial charge < -0.3 is 5.11 Å². The highest BCUT2D eigenvalue weighted by Gasteiger charge is 2.24. The molecule has 0 radical (unpaired) electrons. The lowest BCUT2D eigenvalue weighted by Crippen LogP contribution is -2.37. The van der Waals surface area contributed by atoms with E-state index in [1.807, 2.05) is 19.9 Å². The van der Waals surface area contributed by atoms with Gasteiger partial charge in [0.2, 0.25) is 10.0 Å². The van der Waals surface area contributed by atoms with Crippen LogP contribution in [-0.2, 0) is 10.0 Å². The van der Waals surface area contributed by atoms with Crippen molar-refractivity contribution in [1.29, 1.82) is 0 Å². The first-order valence-corrected chi connectivity index (χ1v) is 8.41. The van der Waals surface area contributed by atoms with Crippen LogP contribution >= 0.6 is 15.9 Å². The number of nitrogens with one attached hydrogen (secondary N) is 1. The van der Waals surface area contributed by atoms with Crippen LogP contribution in [0.1, 0.15) is 30.0 Å². The number of aryl methyl sites for hydroxylation is 2. The van der Waals surface area contributed by atoms with Crippen molar-refractivity contribution in [3.05, 3.63) is 27.2 Å². The second-order valence-corrected chi connectivity index (χ2v) is 7.13. The summed E-state index contributed by atoms with van der Waals surface area (Å²) in [5, 5.41) is 9.14. The highest BCUT2D eigenvalue weighted by atomic mass is 79.9. The van der Waals surface area contributed by atoms with Crippen molar-refractivity contribution in [2.24, 2.45) is 0 Å². The summed E-state index contributed by atoms with van der Waals surface area (Å²) >= 11 is 3.42. The van der Waals surface area contributed by atoms with E-state index < -0.39 is 16.1 Å². The van der Waals surface area contributed by atoms with Crippen molar-refractivity contribution in [3.8, 4) is 0 Å². The van der Waals surface area contributed by atoms with Crippen LogP contribution in [0.15, 0.2) is 15.4 Å². The van der Waals surface area contributed by atoms with Gasteiger partial charge in [-0.15, -0.1) is 0 Å². The number of hydrogen-bond donors (Lipinski definition) is 2. The molecule has 1 rings (SSSR count). The van der Waals surface area contributed by atoms with Gasteiger partial charge in [-0.25, -0.2) is 13.1 Å². The van der Waals surface area contributed by atoms with Crippen LogP contribution in [0.2, 0.25) is 0 Å². The highest BCUT2D eigenvalue weighted by Crippen LogP contribution is 2.30. The predicted molar refractivity (Wildman–Crippen MR) is 79.8 cm³/mol. The summed E-state index contributed by atoms with van der Waals surface area (Å²) in [6, 6.07) is 1.38. The third-order valence-electron chi connectivity index (χ3n) is 3.11. The molecular formula is C13H20BrNO3S. The number of aliphatic hydroxyl groups excluding tert-OH is 1. The van der Waals surface area contributed by atoms with Crippen molar-refractivity contribution in [2.45, 2.75) is 45.1 Å². The molecular weight excluding hydrogens is 330 g/mol. The minimum absolute atomic E-state index is 0.207. The molecule has 1 atom stereocenters. The summed E-state index contributed by atoms with van der Waals surface area (Å²) in [5.41, 5.74) is 2.40. The lowest BCUT2D eigenvalue weighted by molar-refractivity contribution is 0.254. The van der Waals surface area contributed by atoms with Crippen LogP contribution in [0.25, 0.3) is 0 Å². The Morgan fingerprint density at radius 2 is 1.89 bits per heavy atom. The zero-order chi connectivity index (χ0) is 14.8. The molecule has 1 aromatic rings. The van der Waals surface area contributed by atoms with Gasteiger partial charge in [-0.3, -0.25) is 0 Å². The smallest absolute Gasteiger partial charge is 0.241 e. The van der Waals surface area contributed by atoms with Crippen LogP contribution in [0, 0.1) is 20.8 Å². The van der Waals surface area contributed by atoms with Crippen molar-refractivity contribution in [3.63, 3.8) is 0 Å². The maximum atomic E-state index is 12.4. The Morgan fingerprint density at radius 3 is 2.37 bits per heavy atom. The van der Waals surface area contributed by atoms with Gasteiger partial charge in [0.15, 0.2) is 0 Å². The summed E-state index contributed by atoms with van der Waals surface area (Å²) < 4.78 is 28.2. The molecule has 4 nitrogen and oxygen atoms in total. The third kappa shape index (κ3) is 3.56. The molecule has 2 N–H and O–H groups in total. The Kier molecular flexibility index (Phi) is 5.55. The fourth-order valence-electron chi connectivity index (χ4n) is 2.09. The highest BCUT2D eigenvalue weighted by molar-refractivity contribution is 9.10. The van der Waals surface area contributed by atoms with E-state index in [0.29, 0.717) is 17.5 Å². The summed E-state index contributed by atoms with van der Waals surface area (Å²) in [7, 11) is -3.62. The molecule has 0 aliphatic carbocycles. The van der Waals surface area contributed by atoms with Gasteiger partial charge in [-0.2, -0.15) is 0 Å². The minimum Gasteiger partial charge on any atom is -0.395 e. The van der Waals surface area contributed by atoms with Crippen LogP contribution in [0.4, 0.5) is 0 Å². The number of aliphatic hydroxyl groups is 1. The van der Waals surface area contributed by atoms with Gasteiger partial charge in [0.1, 0.15) is 0 Å². The molecule has 0 saturated carbocycles. The molecule has 0 bridgehead atoms. The maximum Gasteiger partial charge on any atom is 0.241 e. The Morgan fingerprint density at radius 1 is 1.32 bits per heavy atom. The number of hydrogen-bond acceptors (Lipinski definition) is 3. The van der Waals surface area contributed by atoms with Gasteiger partial charge in [0.05, 0.1) is 11.5 Å². The van der Waals surface area contributed by atoms with Crippen molar-refractivity contribution in [1.82, 2.24) is 4.72 Å². The van der Waals surface area contributed by atoms with E-state index in [9.17, 15) is 8.42 Å². The Bertz CT molecular complexity index is 566. The molecule has 0 aliphatic heterocycles. The molecule has 0 spiro atoms. The van der Waals surface area contributed by atoms with E-state index >= 15 is 0 Å². The first-order valence-electron chi connectivity index (χ1n) is 6.14. The monoisotopic (exact) mass is 349 g/mol. The summed E-state index contributed by atoms with van der Waals surface area (Å²) in [6.45, 7) is 7.10. The molecule has 1 aromatic carbocycles. The van der Waals surface area contributed by atoms with Gasteiger partial charge in [0.25, 0.3) is 0 Å². The van der Waals surface area contributed by atoms with Gasteiger partial charge in [-0.1, -0.05) is 28.9 Å². The van der Waals surface area contributed by atoms with Crippen LogP contribution in [0.3, 0.4) is 0 Å². The second-order valence-electron chi connectivity index (χ2n) is 4.69. The quantitative estimate of drug-likeness (QED) is 0.857. The molecule has 0 saturated heterocycles. The molecule has 108 valence electrons. The first-order chi connectivity index (χ1) is 8.74. The van der Waals surface area contributed by atoms with Crippen molar-refractivity contribution in [2.75, 3.05) is 6.61 Å². The molecule has 0 heterocycles. The Balaban J connectivity index is 3.34. The normalized spacial score (nSPS) is 13.6. The van der Waals surface area contributed by atoms with Crippen molar-refractivity contribution < 1.29 is 13.5 Å².